The van der Waals surface area contributed by atoms with Crippen molar-refractivity contribution in [2.45, 2.75) is 0 Å². The molecule has 0 spiro atoms. The lowest BCUT2D eigenvalue weighted by Crippen LogP contribution is -1.98. The van der Waals surface area contributed by atoms with Crippen molar-refractivity contribution < 1.29 is 9.53 Å². The first kappa shape index (κ1) is 8.31. The molecule has 0 radical (unpaired) electrons. The Morgan fingerprint density at radius 3 is 3.00 bits per heavy atom. The van der Waals surface area contributed by atoms with E-state index in [1.807, 2.05) is 0 Å². The van der Waals surface area contributed by atoms with Gasteiger partial charge in [0, 0.05) is 9.64 Å². The summed E-state index contributed by atoms with van der Waals surface area (Å²) in [6.07, 6.45) is 0. The summed E-state index contributed by atoms with van der Waals surface area (Å²) in [7, 11) is 0. The van der Waals surface area contributed by atoms with Crippen LogP contribution in [0, 0.1) is 3.57 Å². The molecule has 0 saturated heterocycles. The zero-order valence-electron chi connectivity index (χ0n) is 5.93. The number of hydrogen-bond donors (Lipinski definition) is 0. The average Bonchev–Trinajstić information content (AvgIpc) is 2.35. The van der Waals surface area contributed by atoms with E-state index in [-0.39, 0.29) is 12.4 Å². The van der Waals surface area contributed by atoms with Crippen LogP contribution in [0.4, 0.5) is 0 Å². The van der Waals surface area contributed by atoms with Crippen molar-refractivity contribution in [1.82, 2.24) is 0 Å². The highest BCUT2D eigenvalue weighted by Crippen LogP contribution is 2.31. The largest absolute Gasteiger partial charge is 0.485 e. The minimum Gasteiger partial charge on any atom is -0.485 e. The highest BCUT2D eigenvalue weighted by molar-refractivity contribution is 14.1. The molecular formula is C8H4ClIO2. The molecule has 0 aliphatic carbocycles. The van der Waals surface area contributed by atoms with Gasteiger partial charge in [0.25, 0.3) is 0 Å². The number of carbonyl (C=O) groups excluding carboxylic acids is 1. The van der Waals surface area contributed by atoms with Crippen LogP contribution in [-0.4, -0.2) is 12.4 Å². The second-order valence-corrected chi connectivity index (χ2v) is 4.04. The molecule has 1 heterocycles. The summed E-state index contributed by atoms with van der Waals surface area (Å²) >= 11 is 7.93. The van der Waals surface area contributed by atoms with E-state index in [1.54, 1.807) is 12.1 Å². The fourth-order valence-electron chi connectivity index (χ4n) is 1.09. The quantitative estimate of drug-likeness (QED) is 0.687. The molecule has 0 N–H and O–H groups in total. The number of hydrogen-bond acceptors (Lipinski definition) is 2. The number of carbonyl (C=O) groups is 1. The van der Waals surface area contributed by atoms with Gasteiger partial charge in [0.05, 0.1) is 10.6 Å². The van der Waals surface area contributed by atoms with Crippen molar-refractivity contribution in [3.05, 3.63) is 26.3 Å². The second kappa shape index (κ2) is 2.88. The van der Waals surface area contributed by atoms with Gasteiger partial charge in [-0.25, -0.2) is 0 Å². The predicted molar refractivity (Wildman–Crippen MR) is 54.0 cm³/mol. The van der Waals surface area contributed by atoms with Crippen LogP contribution >= 0.6 is 34.2 Å². The van der Waals surface area contributed by atoms with Gasteiger partial charge in [-0.2, -0.15) is 0 Å². The smallest absolute Gasteiger partial charge is 0.203 e. The first-order valence-corrected chi connectivity index (χ1v) is 4.79. The number of Topliss-reactive ketones (excluding diaryl/α,β-unsaturated/α-hetero) is 1. The lowest BCUT2D eigenvalue weighted by atomic mass is 10.1. The SMILES string of the molecule is O=C1COc2cc(Cl)c(I)cc21. The van der Waals surface area contributed by atoms with Crippen LogP contribution in [0.2, 0.25) is 5.02 Å². The minimum atomic E-state index is 0.0274. The third-order valence-electron chi connectivity index (χ3n) is 1.68. The van der Waals surface area contributed by atoms with E-state index in [4.69, 9.17) is 16.3 Å². The number of benzene rings is 1. The Balaban J connectivity index is 2.63. The molecule has 0 aromatic heterocycles. The zero-order chi connectivity index (χ0) is 8.72. The lowest BCUT2D eigenvalue weighted by molar-refractivity contribution is 0.0961. The first-order chi connectivity index (χ1) is 5.68. The molecule has 0 saturated carbocycles. The Morgan fingerprint density at radius 2 is 2.25 bits per heavy atom. The molecule has 4 heteroatoms. The Kier molecular flexibility index (Phi) is 2.00. The maximum Gasteiger partial charge on any atom is 0.203 e. The van der Waals surface area contributed by atoms with E-state index in [0.29, 0.717) is 16.3 Å². The summed E-state index contributed by atoms with van der Waals surface area (Å²) in [5.74, 6) is 0.630. The molecule has 0 atom stereocenters. The Labute approximate surface area is 88.0 Å². The molecule has 1 aliphatic rings. The number of fused-ring (bicyclic) bond motifs is 1. The van der Waals surface area contributed by atoms with E-state index in [0.717, 1.165) is 3.57 Å². The lowest BCUT2D eigenvalue weighted by Gasteiger charge is -1.99. The summed E-state index contributed by atoms with van der Waals surface area (Å²) in [6, 6.07) is 3.44. The Morgan fingerprint density at radius 1 is 1.50 bits per heavy atom. The summed E-state index contributed by atoms with van der Waals surface area (Å²) in [6.45, 7) is 0.145. The molecule has 0 amide bonds. The van der Waals surface area contributed by atoms with Gasteiger partial charge in [0.1, 0.15) is 5.75 Å². The molecule has 1 aliphatic heterocycles. The highest BCUT2D eigenvalue weighted by atomic mass is 127. The summed E-state index contributed by atoms with van der Waals surface area (Å²) < 4.78 is 5.99. The Bertz CT molecular complexity index is 362. The number of ketones is 1. The third-order valence-corrected chi connectivity index (χ3v) is 3.21. The van der Waals surface area contributed by atoms with E-state index in [2.05, 4.69) is 22.6 Å². The summed E-state index contributed by atoms with van der Waals surface area (Å²) in [5.41, 5.74) is 0.642. The van der Waals surface area contributed by atoms with Crippen molar-refractivity contribution in [2.75, 3.05) is 6.61 Å². The van der Waals surface area contributed by atoms with Crippen LogP contribution in [0.25, 0.3) is 0 Å². The minimum absolute atomic E-state index is 0.0274. The number of halogens is 2. The molecule has 1 aromatic carbocycles. The highest BCUT2D eigenvalue weighted by Gasteiger charge is 2.22. The van der Waals surface area contributed by atoms with Crippen molar-refractivity contribution >= 4 is 40.0 Å². The molecule has 0 bridgehead atoms. The molecule has 1 aromatic rings. The predicted octanol–water partition coefficient (Wildman–Crippen LogP) is 2.52. The Hall–Kier alpha value is -0.290. The zero-order valence-corrected chi connectivity index (χ0v) is 8.85. The van der Waals surface area contributed by atoms with Gasteiger partial charge in [-0.15, -0.1) is 0 Å². The number of rotatable bonds is 0. The van der Waals surface area contributed by atoms with Crippen LogP contribution in [0.5, 0.6) is 5.75 Å². The van der Waals surface area contributed by atoms with Crippen molar-refractivity contribution in [2.24, 2.45) is 0 Å². The van der Waals surface area contributed by atoms with Crippen LogP contribution < -0.4 is 4.74 Å². The third kappa shape index (κ3) is 1.21. The summed E-state index contributed by atoms with van der Waals surface area (Å²) in [4.78, 5) is 11.2. The van der Waals surface area contributed by atoms with E-state index in [1.165, 1.54) is 0 Å². The fourth-order valence-corrected chi connectivity index (χ4v) is 1.71. The van der Waals surface area contributed by atoms with Crippen LogP contribution in [-0.2, 0) is 0 Å². The standard InChI is InChI=1S/C8H4ClIO2/c9-5-2-8-4(1-6(5)10)7(11)3-12-8/h1-2H,3H2. The topological polar surface area (TPSA) is 26.3 Å². The molecular weight excluding hydrogens is 290 g/mol. The van der Waals surface area contributed by atoms with E-state index < -0.39 is 0 Å². The normalized spacial score (nSPS) is 14.3. The maximum absolute atomic E-state index is 11.2. The van der Waals surface area contributed by atoms with Crippen LogP contribution in [0.1, 0.15) is 10.4 Å². The van der Waals surface area contributed by atoms with Gasteiger partial charge in [-0.3, -0.25) is 4.79 Å². The van der Waals surface area contributed by atoms with Gasteiger partial charge in [0.2, 0.25) is 5.78 Å². The number of ether oxygens (including phenoxy) is 1. The molecule has 0 unspecified atom stereocenters. The molecule has 62 valence electrons. The average molecular weight is 294 g/mol. The molecule has 12 heavy (non-hydrogen) atoms. The van der Waals surface area contributed by atoms with Gasteiger partial charge < -0.3 is 4.74 Å². The van der Waals surface area contributed by atoms with Crippen molar-refractivity contribution in [1.29, 1.82) is 0 Å². The first-order valence-electron chi connectivity index (χ1n) is 3.33. The van der Waals surface area contributed by atoms with E-state index >= 15 is 0 Å². The molecule has 0 fully saturated rings. The van der Waals surface area contributed by atoms with Gasteiger partial charge in [-0.1, -0.05) is 11.6 Å². The van der Waals surface area contributed by atoms with Crippen molar-refractivity contribution in [3.8, 4) is 5.75 Å². The molecule has 2 nitrogen and oxygen atoms in total. The van der Waals surface area contributed by atoms with Crippen LogP contribution in [0.3, 0.4) is 0 Å². The van der Waals surface area contributed by atoms with Crippen LogP contribution in [0.15, 0.2) is 12.1 Å². The molecule has 2 rings (SSSR count). The fraction of sp³-hybridized carbons (Fsp3) is 0.125. The monoisotopic (exact) mass is 294 g/mol. The van der Waals surface area contributed by atoms with Gasteiger partial charge in [0.15, 0.2) is 6.61 Å². The second-order valence-electron chi connectivity index (χ2n) is 2.47. The van der Waals surface area contributed by atoms with E-state index in [9.17, 15) is 4.79 Å². The summed E-state index contributed by atoms with van der Waals surface area (Å²) in [5, 5.41) is 0.629. The van der Waals surface area contributed by atoms with Crippen molar-refractivity contribution in [3.63, 3.8) is 0 Å². The van der Waals surface area contributed by atoms with Gasteiger partial charge >= 0.3 is 0 Å². The van der Waals surface area contributed by atoms with Gasteiger partial charge in [-0.05, 0) is 28.7 Å². The maximum atomic E-state index is 11.2.